The van der Waals surface area contributed by atoms with E-state index in [4.69, 9.17) is 4.74 Å². The van der Waals surface area contributed by atoms with Gasteiger partial charge in [0, 0.05) is 54.9 Å². The lowest BCUT2D eigenvalue weighted by Gasteiger charge is -2.20. The van der Waals surface area contributed by atoms with Crippen LogP contribution < -0.4 is 26.2 Å². The van der Waals surface area contributed by atoms with Gasteiger partial charge in [-0.25, -0.2) is 4.98 Å². The molecule has 2 amide bonds. The van der Waals surface area contributed by atoms with Crippen LogP contribution >= 0.6 is 24.8 Å². The number of amides is 2. The molecule has 3 N–H and O–H groups in total. The predicted octanol–water partition coefficient (Wildman–Crippen LogP) is 4.66. The van der Waals surface area contributed by atoms with Crippen LogP contribution in [-0.2, 0) is 22.6 Å². The number of fused-ring (bicyclic) bond motifs is 1. The normalized spacial score (nSPS) is 13.8. The number of likely N-dealkylation sites (N-methyl/N-ethyl adjacent to an activating group) is 1. The molecular formula is C34H40Cl2N6O4. The Morgan fingerprint density at radius 1 is 0.957 bits per heavy atom. The van der Waals surface area contributed by atoms with Crippen LogP contribution in [0.4, 0.5) is 5.82 Å². The van der Waals surface area contributed by atoms with Crippen molar-refractivity contribution in [3.63, 3.8) is 0 Å². The molecular weight excluding hydrogens is 627 g/mol. The molecule has 5 rings (SSSR count). The average molecular weight is 668 g/mol. The summed E-state index contributed by atoms with van der Waals surface area (Å²) in [6.45, 7) is 6.90. The van der Waals surface area contributed by atoms with Gasteiger partial charge in [-0.05, 0) is 56.9 Å². The van der Waals surface area contributed by atoms with E-state index in [0.717, 1.165) is 33.6 Å². The quantitative estimate of drug-likeness (QED) is 0.201. The second-order valence-corrected chi connectivity index (χ2v) is 11.0. The van der Waals surface area contributed by atoms with E-state index >= 15 is 0 Å². The summed E-state index contributed by atoms with van der Waals surface area (Å²) in [7, 11) is 0. The Balaban J connectivity index is 0.00000288. The molecule has 2 aromatic heterocycles. The number of benzene rings is 2. The number of pyridine rings is 1. The minimum atomic E-state index is -0.656. The Kier molecular flexibility index (Phi) is 13.1. The molecule has 2 atom stereocenters. The molecule has 0 saturated heterocycles. The molecule has 10 nitrogen and oxygen atoms in total. The minimum absolute atomic E-state index is 0. The molecule has 0 aliphatic carbocycles. The number of hydrogen-bond acceptors (Lipinski definition) is 7. The van der Waals surface area contributed by atoms with Crippen molar-refractivity contribution >= 4 is 42.4 Å². The molecule has 244 valence electrons. The van der Waals surface area contributed by atoms with Gasteiger partial charge in [-0.3, -0.25) is 23.9 Å². The van der Waals surface area contributed by atoms with E-state index in [-0.39, 0.29) is 67.1 Å². The Bertz CT molecular complexity index is 1630. The Hall–Kier alpha value is -4.41. The van der Waals surface area contributed by atoms with Crippen LogP contribution in [0.1, 0.15) is 58.9 Å². The van der Waals surface area contributed by atoms with Crippen LogP contribution in [0.15, 0.2) is 77.9 Å². The van der Waals surface area contributed by atoms with Crippen molar-refractivity contribution in [1.82, 2.24) is 25.2 Å². The van der Waals surface area contributed by atoms with E-state index in [2.05, 4.69) is 50.2 Å². The van der Waals surface area contributed by atoms with E-state index < -0.39 is 6.04 Å². The van der Waals surface area contributed by atoms with Crippen LogP contribution in [0.3, 0.4) is 0 Å². The van der Waals surface area contributed by atoms with Gasteiger partial charge in [0.15, 0.2) is 12.4 Å². The van der Waals surface area contributed by atoms with Crippen molar-refractivity contribution in [1.29, 1.82) is 0 Å². The Morgan fingerprint density at radius 3 is 2.41 bits per heavy atom. The molecule has 0 radical (unpaired) electrons. The highest BCUT2D eigenvalue weighted by molar-refractivity contribution is 5.85. The zero-order valence-corrected chi connectivity index (χ0v) is 27.7. The average Bonchev–Trinajstić information content (AvgIpc) is 3.47. The number of aromatic nitrogens is 3. The second-order valence-electron chi connectivity index (χ2n) is 11.0. The Labute approximate surface area is 281 Å². The van der Waals surface area contributed by atoms with Gasteiger partial charge in [-0.15, -0.1) is 24.8 Å². The fourth-order valence-corrected chi connectivity index (χ4v) is 5.37. The number of carbonyl (C=O) groups is 2. The van der Waals surface area contributed by atoms with Crippen molar-refractivity contribution < 1.29 is 14.3 Å². The summed E-state index contributed by atoms with van der Waals surface area (Å²) in [5.74, 6) is 0.131. The molecule has 1 aliphatic heterocycles. The largest absolute Gasteiger partial charge is 0.483 e. The fraction of sp³-hybridized carbons (Fsp3) is 0.324. The number of aryl methyl sites for hydroxylation is 3. The summed E-state index contributed by atoms with van der Waals surface area (Å²) < 4.78 is 7.23. The maximum absolute atomic E-state index is 13.7. The first-order valence-electron chi connectivity index (χ1n) is 14.9. The third-order valence-corrected chi connectivity index (χ3v) is 7.76. The number of nitrogens with one attached hydrogen (secondary N) is 3. The minimum Gasteiger partial charge on any atom is -0.483 e. The van der Waals surface area contributed by atoms with Crippen molar-refractivity contribution in [2.24, 2.45) is 0 Å². The van der Waals surface area contributed by atoms with Crippen molar-refractivity contribution in [3.8, 4) is 5.75 Å². The van der Waals surface area contributed by atoms with Gasteiger partial charge in [0.1, 0.15) is 11.8 Å². The summed E-state index contributed by atoms with van der Waals surface area (Å²) in [6.07, 6.45) is 4.59. The van der Waals surface area contributed by atoms with Crippen LogP contribution in [-0.4, -0.2) is 46.0 Å². The standard InChI is InChI=1S/C34H38N6O4.2ClH/c1-4-35-31(41)21-44-30-8-6-5-7-25(30)18-39-33(42)29-16-14-26-19-37-32(34(43)40(26)29)38-20-27(24-12-9-22(2)10-13-24)28-15-11-23(3)17-36-28;;/h5-13,15,17,19,27,29H,4,14,16,18,20-21H2,1-3H3,(H,35,41)(H,37,38)(H,39,42);2*1H/t27-,29+;;/m1../s1. The zero-order chi connectivity index (χ0) is 31.1. The highest BCUT2D eigenvalue weighted by Gasteiger charge is 2.31. The lowest BCUT2D eigenvalue weighted by Crippen LogP contribution is -2.36. The van der Waals surface area contributed by atoms with Crippen LogP contribution in [0.5, 0.6) is 5.75 Å². The molecule has 1 aliphatic rings. The Morgan fingerprint density at radius 2 is 1.70 bits per heavy atom. The summed E-state index contributed by atoms with van der Waals surface area (Å²) in [4.78, 5) is 48.0. The number of anilines is 1. The number of para-hydroxylation sites is 1. The SMILES string of the molecule is CCNC(=O)COc1ccccc1CNC(=O)[C@@H]1CCc2cnc(NC[C@H](c3ccc(C)cc3)c3ccc(C)cn3)c(=O)n21.Cl.Cl. The molecule has 2 aromatic carbocycles. The van der Waals surface area contributed by atoms with Gasteiger partial charge < -0.3 is 20.7 Å². The summed E-state index contributed by atoms with van der Waals surface area (Å²) >= 11 is 0. The van der Waals surface area contributed by atoms with Gasteiger partial charge in [0.05, 0.1) is 0 Å². The number of rotatable bonds is 12. The zero-order valence-electron chi connectivity index (χ0n) is 26.1. The van der Waals surface area contributed by atoms with Gasteiger partial charge >= 0.3 is 0 Å². The number of carbonyl (C=O) groups excluding carboxylic acids is 2. The highest BCUT2D eigenvalue weighted by Crippen LogP contribution is 2.27. The van der Waals surface area contributed by atoms with Crippen molar-refractivity contribution in [2.45, 2.75) is 52.1 Å². The molecule has 4 aromatic rings. The van der Waals surface area contributed by atoms with E-state index in [1.807, 2.05) is 57.3 Å². The number of hydrogen-bond donors (Lipinski definition) is 3. The van der Waals surface area contributed by atoms with Crippen molar-refractivity contribution in [2.75, 3.05) is 25.0 Å². The van der Waals surface area contributed by atoms with Gasteiger partial charge in [0.2, 0.25) is 5.91 Å². The monoisotopic (exact) mass is 666 g/mol. The van der Waals surface area contributed by atoms with Gasteiger partial charge in [-0.1, -0.05) is 54.1 Å². The van der Waals surface area contributed by atoms with Gasteiger partial charge in [0.25, 0.3) is 11.5 Å². The lowest BCUT2D eigenvalue weighted by molar-refractivity contribution is -0.124. The van der Waals surface area contributed by atoms with Crippen LogP contribution in [0.2, 0.25) is 0 Å². The summed E-state index contributed by atoms with van der Waals surface area (Å²) in [5, 5.41) is 8.91. The van der Waals surface area contributed by atoms with Crippen molar-refractivity contribution in [3.05, 3.63) is 117 Å². The first-order chi connectivity index (χ1) is 21.3. The third kappa shape index (κ3) is 8.64. The van der Waals surface area contributed by atoms with E-state index in [9.17, 15) is 14.4 Å². The molecule has 46 heavy (non-hydrogen) atoms. The lowest BCUT2D eigenvalue weighted by atomic mass is 9.94. The van der Waals surface area contributed by atoms with Crippen LogP contribution in [0, 0.1) is 13.8 Å². The van der Waals surface area contributed by atoms with E-state index in [0.29, 0.717) is 31.7 Å². The maximum atomic E-state index is 13.7. The molecule has 0 saturated carbocycles. The first kappa shape index (κ1) is 36.1. The molecule has 0 bridgehead atoms. The number of nitrogens with zero attached hydrogens (tertiary/aromatic N) is 3. The van der Waals surface area contributed by atoms with Gasteiger partial charge in [-0.2, -0.15) is 0 Å². The second kappa shape index (κ2) is 16.8. The third-order valence-electron chi connectivity index (χ3n) is 7.76. The first-order valence-corrected chi connectivity index (χ1v) is 14.9. The molecule has 0 spiro atoms. The van der Waals surface area contributed by atoms with Crippen LogP contribution in [0.25, 0.3) is 0 Å². The smallest absolute Gasteiger partial charge is 0.294 e. The molecule has 12 heteroatoms. The fourth-order valence-electron chi connectivity index (χ4n) is 5.37. The van der Waals surface area contributed by atoms with E-state index in [1.165, 1.54) is 0 Å². The summed E-state index contributed by atoms with van der Waals surface area (Å²) in [6, 6.07) is 18.9. The predicted molar refractivity (Wildman–Crippen MR) is 183 cm³/mol. The maximum Gasteiger partial charge on any atom is 0.294 e. The highest BCUT2D eigenvalue weighted by atomic mass is 35.5. The summed E-state index contributed by atoms with van der Waals surface area (Å²) in [5.41, 5.74) is 5.33. The molecule has 3 heterocycles. The topological polar surface area (TPSA) is 127 Å². The molecule has 0 unspecified atom stereocenters. The molecule has 0 fully saturated rings. The van der Waals surface area contributed by atoms with E-state index in [1.54, 1.807) is 16.8 Å². The number of ether oxygens (including phenoxy) is 1. The number of halogens is 2.